The van der Waals surface area contributed by atoms with Crippen molar-refractivity contribution in [1.29, 1.82) is 0 Å². The zero-order chi connectivity index (χ0) is 13.9. The first-order chi connectivity index (χ1) is 9.01. The van der Waals surface area contributed by atoms with Crippen LogP contribution in [0.15, 0.2) is 17.3 Å². The van der Waals surface area contributed by atoms with Gasteiger partial charge >= 0.3 is 0 Å². The zero-order valence-corrected chi connectivity index (χ0v) is 11.9. The molecule has 0 bridgehead atoms. The van der Waals surface area contributed by atoms with E-state index in [1.165, 1.54) is 23.5 Å². The first kappa shape index (κ1) is 14.5. The summed E-state index contributed by atoms with van der Waals surface area (Å²) in [5.41, 5.74) is 0. The third-order valence-electron chi connectivity index (χ3n) is 3.61. The fourth-order valence-electron chi connectivity index (χ4n) is 2.53. The van der Waals surface area contributed by atoms with Gasteiger partial charge in [0.1, 0.15) is 4.90 Å². The lowest BCUT2D eigenvalue weighted by atomic mass is 10.1. The highest BCUT2D eigenvalue weighted by atomic mass is 32.2. The number of hydrogen-bond acceptors (Lipinski definition) is 4. The molecule has 1 aliphatic rings. The lowest BCUT2D eigenvalue weighted by molar-refractivity contribution is 0.269. The molecule has 0 aromatic carbocycles. The Balaban J connectivity index is 1.93. The first-order valence-electron chi connectivity index (χ1n) is 6.64. The average Bonchev–Trinajstić information content (AvgIpc) is 2.97. The van der Waals surface area contributed by atoms with Crippen molar-refractivity contribution in [3.05, 3.63) is 12.4 Å². The molecule has 2 unspecified atom stereocenters. The van der Waals surface area contributed by atoms with E-state index in [2.05, 4.69) is 16.7 Å². The molecule has 0 aliphatic heterocycles. The van der Waals surface area contributed by atoms with Crippen LogP contribution in [0.3, 0.4) is 0 Å². The summed E-state index contributed by atoms with van der Waals surface area (Å²) in [7, 11) is -3.48. The largest absolute Gasteiger partial charge is 0.394 e. The van der Waals surface area contributed by atoms with Gasteiger partial charge in [0.15, 0.2) is 0 Å². The number of nitrogens with zero attached hydrogens (tertiary/aromatic N) is 2. The normalized spacial score (nSPS) is 23.9. The van der Waals surface area contributed by atoms with Gasteiger partial charge in [-0.15, -0.1) is 0 Å². The SMILES string of the molecule is CC1CCC(CNS(=O)(=O)c2cnn(CCO)c2)C1. The van der Waals surface area contributed by atoms with Gasteiger partial charge in [-0.3, -0.25) is 4.68 Å². The van der Waals surface area contributed by atoms with E-state index in [1.54, 1.807) is 0 Å². The molecule has 2 N–H and O–H groups in total. The first-order valence-corrected chi connectivity index (χ1v) is 8.12. The number of nitrogens with one attached hydrogen (secondary N) is 1. The quantitative estimate of drug-likeness (QED) is 0.802. The minimum atomic E-state index is -3.48. The molecule has 19 heavy (non-hydrogen) atoms. The van der Waals surface area contributed by atoms with Crippen molar-refractivity contribution in [1.82, 2.24) is 14.5 Å². The van der Waals surface area contributed by atoms with Crippen molar-refractivity contribution in [2.24, 2.45) is 11.8 Å². The van der Waals surface area contributed by atoms with E-state index in [-0.39, 0.29) is 11.5 Å². The molecular weight excluding hydrogens is 266 g/mol. The molecule has 0 radical (unpaired) electrons. The number of hydrogen-bond donors (Lipinski definition) is 2. The molecule has 108 valence electrons. The Hall–Kier alpha value is -0.920. The number of aromatic nitrogens is 2. The van der Waals surface area contributed by atoms with Crippen LogP contribution >= 0.6 is 0 Å². The average molecular weight is 287 g/mol. The zero-order valence-electron chi connectivity index (χ0n) is 11.1. The van der Waals surface area contributed by atoms with E-state index in [0.717, 1.165) is 12.8 Å². The summed E-state index contributed by atoms with van der Waals surface area (Å²) in [5, 5.41) is 12.7. The predicted molar refractivity (Wildman–Crippen MR) is 71.0 cm³/mol. The summed E-state index contributed by atoms with van der Waals surface area (Å²) in [6.45, 7) is 2.94. The van der Waals surface area contributed by atoms with Gasteiger partial charge in [0.05, 0.1) is 19.3 Å². The van der Waals surface area contributed by atoms with Gasteiger partial charge in [-0.1, -0.05) is 13.3 Å². The van der Waals surface area contributed by atoms with Gasteiger partial charge in [0.25, 0.3) is 0 Å². The van der Waals surface area contributed by atoms with Crippen LogP contribution in [0.25, 0.3) is 0 Å². The second-order valence-electron chi connectivity index (χ2n) is 5.30. The van der Waals surface area contributed by atoms with E-state index < -0.39 is 10.0 Å². The van der Waals surface area contributed by atoms with E-state index in [9.17, 15) is 8.42 Å². The van der Waals surface area contributed by atoms with Crippen molar-refractivity contribution in [3.8, 4) is 0 Å². The van der Waals surface area contributed by atoms with Crippen molar-refractivity contribution in [2.75, 3.05) is 13.2 Å². The fourth-order valence-corrected chi connectivity index (χ4v) is 3.60. The second-order valence-corrected chi connectivity index (χ2v) is 7.07. The molecule has 1 fully saturated rings. The molecule has 1 heterocycles. The smallest absolute Gasteiger partial charge is 0.243 e. The molecule has 1 saturated carbocycles. The molecule has 0 amide bonds. The number of sulfonamides is 1. The molecule has 6 nitrogen and oxygen atoms in total. The molecule has 0 spiro atoms. The number of aliphatic hydroxyl groups is 1. The maximum Gasteiger partial charge on any atom is 0.243 e. The van der Waals surface area contributed by atoms with Crippen molar-refractivity contribution < 1.29 is 13.5 Å². The van der Waals surface area contributed by atoms with Crippen LogP contribution in [-0.2, 0) is 16.6 Å². The van der Waals surface area contributed by atoms with Crippen LogP contribution in [0.2, 0.25) is 0 Å². The third-order valence-corrected chi connectivity index (χ3v) is 4.99. The van der Waals surface area contributed by atoms with Crippen molar-refractivity contribution in [3.63, 3.8) is 0 Å². The molecule has 7 heteroatoms. The van der Waals surface area contributed by atoms with Crippen LogP contribution in [0.1, 0.15) is 26.2 Å². The molecule has 1 aromatic rings. The summed E-state index contributed by atoms with van der Waals surface area (Å²) in [5.74, 6) is 1.14. The number of rotatable bonds is 6. The standard InChI is InChI=1S/C12H21N3O3S/c1-10-2-3-11(6-10)7-14-19(17,18)12-8-13-15(9-12)4-5-16/h8-11,14,16H,2-7H2,1H3. The topological polar surface area (TPSA) is 84.2 Å². The van der Waals surface area contributed by atoms with Gasteiger partial charge in [-0.25, -0.2) is 13.1 Å². The maximum absolute atomic E-state index is 12.1. The summed E-state index contributed by atoms with van der Waals surface area (Å²) in [6.07, 6.45) is 6.12. The minimum absolute atomic E-state index is 0.0610. The highest BCUT2D eigenvalue weighted by Crippen LogP contribution is 2.29. The summed E-state index contributed by atoms with van der Waals surface area (Å²) in [4.78, 5) is 0.159. The summed E-state index contributed by atoms with van der Waals surface area (Å²) in [6, 6.07) is 0. The molecule has 1 aliphatic carbocycles. The molecular formula is C12H21N3O3S. The summed E-state index contributed by atoms with van der Waals surface area (Å²) >= 11 is 0. The Morgan fingerprint density at radius 1 is 1.53 bits per heavy atom. The van der Waals surface area contributed by atoms with E-state index >= 15 is 0 Å². The van der Waals surface area contributed by atoms with Gasteiger partial charge in [-0.05, 0) is 24.7 Å². The predicted octanol–water partition coefficient (Wildman–Crippen LogP) is 0.590. The Kier molecular flexibility index (Phi) is 4.59. The van der Waals surface area contributed by atoms with Gasteiger partial charge in [-0.2, -0.15) is 5.10 Å². The Bertz CT molecular complexity index is 512. The molecule has 2 atom stereocenters. The maximum atomic E-state index is 12.1. The van der Waals surface area contributed by atoms with Gasteiger partial charge in [0.2, 0.25) is 10.0 Å². The highest BCUT2D eigenvalue weighted by Gasteiger charge is 2.24. The van der Waals surface area contributed by atoms with Crippen LogP contribution in [0.4, 0.5) is 0 Å². The van der Waals surface area contributed by atoms with E-state index in [1.807, 2.05) is 0 Å². The Morgan fingerprint density at radius 3 is 2.95 bits per heavy atom. The molecule has 0 saturated heterocycles. The van der Waals surface area contributed by atoms with Crippen LogP contribution < -0.4 is 4.72 Å². The Morgan fingerprint density at radius 2 is 2.32 bits per heavy atom. The summed E-state index contributed by atoms with van der Waals surface area (Å²) < 4.78 is 28.2. The molecule has 1 aromatic heterocycles. The highest BCUT2D eigenvalue weighted by molar-refractivity contribution is 7.89. The lowest BCUT2D eigenvalue weighted by Crippen LogP contribution is -2.28. The fraction of sp³-hybridized carbons (Fsp3) is 0.750. The van der Waals surface area contributed by atoms with E-state index in [0.29, 0.717) is 24.9 Å². The lowest BCUT2D eigenvalue weighted by Gasteiger charge is -2.10. The van der Waals surface area contributed by atoms with Gasteiger partial charge < -0.3 is 5.11 Å². The molecule has 2 rings (SSSR count). The minimum Gasteiger partial charge on any atom is -0.394 e. The van der Waals surface area contributed by atoms with Crippen LogP contribution in [-0.4, -0.2) is 36.5 Å². The third kappa shape index (κ3) is 3.77. The second kappa shape index (κ2) is 6.02. The van der Waals surface area contributed by atoms with E-state index in [4.69, 9.17) is 5.11 Å². The van der Waals surface area contributed by atoms with Gasteiger partial charge in [0, 0.05) is 12.7 Å². The monoisotopic (exact) mass is 287 g/mol. The van der Waals surface area contributed by atoms with Crippen molar-refractivity contribution in [2.45, 2.75) is 37.6 Å². The van der Waals surface area contributed by atoms with Crippen LogP contribution in [0, 0.1) is 11.8 Å². The van der Waals surface area contributed by atoms with Crippen molar-refractivity contribution >= 4 is 10.0 Å². The Labute approximate surface area is 113 Å². The van der Waals surface area contributed by atoms with Crippen LogP contribution in [0.5, 0.6) is 0 Å². The number of aliphatic hydroxyl groups excluding tert-OH is 1.